The summed E-state index contributed by atoms with van der Waals surface area (Å²) in [7, 11) is 0. The van der Waals surface area contributed by atoms with Crippen molar-refractivity contribution in [1.82, 2.24) is 0 Å². The normalized spacial score (nSPS) is 12.5. The molecule has 0 aromatic carbocycles. The molecule has 0 aromatic rings. The molecule has 6 nitrogen and oxygen atoms in total. The van der Waals surface area contributed by atoms with Gasteiger partial charge < -0.3 is 14.2 Å². The molecule has 0 rings (SSSR count). The Hall–Kier alpha value is -1.59. The van der Waals surface area contributed by atoms with Crippen molar-refractivity contribution in [3.05, 3.63) is 0 Å². The van der Waals surface area contributed by atoms with Gasteiger partial charge in [0, 0.05) is 19.3 Å². The van der Waals surface area contributed by atoms with E-state index in [1.165, 1.54) is 96.3 Å². The number of rotatable bonds is 34. The summed E-state index contributed by atoms with van der Waals surface area (Å²) in [6.07, 6.45) is 29.7. The molecule has 0 aliphatic heterocycles. The summed E-state index contributed by atoms with van der Waals surface area (Å²) in [5.74, 6) is -0.0357. The van der Waals surface area contributed by atoms with E-state index in [0.717, 1.165) is 70.1 Å². The van der Waals surface area contributed by atoms with Gasteiger partial charge in [0.1, 0.15) is 13.2 Å². The van der Waals surface area contributed by atoms with Crippen LogP contribution in [0.15, 0.2) is 0 Å². The Bertz CT molecular complexity index is 678. The van der Waals surface area contributed by atoms with Crippen LogP contribution < -0.4 is 0 Å². The average Bonchev–Trinajstić information content (AvgIpc) is 3.03. The molecule has 266 valence electrons. The lowest BCUT2D eigenvalue weighted by atomic mass is 9.99. The van der Waals surface area contributed by atoms with Crippen LogP contribution in [-0.2, 0) is 28.6 Å². The third-order valence-electron chi connectivity index (χ3n) is 8.90. The zero-order chi connectivity index (χ0) is 33.2. The van der Waals surface area contributed by atoms with E-state index in [2.05, 4.69) is 27.7 Å². The molecule has 0 bridgehead atoms. The molecule has 0 fully saturated rings. The van der Waals surface area contributed by atoms with Gasteiger partial charge in [-0.05, 0) is 25.2 Å². The highest BCUT2D eigenvalue weighted by atomic mass is 16.6. The molecule has 0 aromatic heterocycles. The van der Waals surface area contributed by atoms with E-state index in [9.17, 15) is 14.4 Å². The number of carbonyl (C=O) groups is 3. The molecule has 0 saturated heterocycles. The van der Waals surface area contributed by atoms with E-state index in [1.807, 2.05) is 0 Å². The third-order valence-corrected chi connectivity index (χ3v) is 8.90. The molecule has 45 heavy (non-hydrogen) atoms. The van der Waals surface area contributed by atoms with Crippen LogP contribution in [0.4, 0.5) is 0 Å². The summed E-state index contributed by atoms with van der Waals surface area (Å²) >= 11 is 0. The van der Waals surface area contributed by atoms with Gasteiger partial charge in [-0.2, -0.15) is 0 Å². The first-order chi connectivity index (χ1) is 21.9. The highest BCUT2D eigenvalue weighted by molar-refractivity contribution is 5.71. The van der Waals surface area contributed by atoms with Crippen molar-refractivity contribution < 1.29 is 28.6 Å². The largest absolute Gasteiger partial charge is 0.462 e. The molecule has 2 atom stereocenters. The van der Waals surface area contributed by atoms with Crippen LogP contribution in [0, 0.1) is 5.92 Å². The first-order valence-electron chi connectivity index (χ1n) is 19.4. The molecule has 1 unspecified atom stereocenters. The molecule has 0 aliphatic rings. The van der Waals surface area contributed by atoms with Crippen LogP contribution in [0.1, 0.15) is 207 Å². The molecular formula is C39H74O6. The van der Waals surface area contributed by atoms with Crippen molar-refractivity contribution in [1.29, 1.82) is 0 Å². The Morgan fingerprint density at radius 2 is 0.778 bits per heavy atom. The van der Waals surface area contributed by atoms with Crippen LogP contribution in [0.25, 0.3) is 0 Å². The van der Waals surface area contributed by atoms with Crippen LogP contribution in [0.2, 0.25) is 0 Å². The molecule has 0 amide bonds. The lowest BCUT2D eigenvalue weighted by Crippen LogP contribution is -2.30. The summed E-state index contributed by atoms with van der Waals surface area (Å²) in [6.45, 7) is 8.87. The molecule has 0 spiro atoms. The highest BCUT2D eigenvalue weighted by Crippen LogP contribution is 2.16. The van der Waals surface area contributed by atoms with Gasteiger partial charge >= 0.3 is 17.9 Å². The fourth-order valence-electron chi connectivity index (χ4n) is 5.53. The van der Waals surface area contributed by atoms with Gasteiger partial charge in [0.2, 0.25) is 0 Å². The standard InChI is InChI=1S/C39H74O6/c1-5-8-10-12-13-14-15-19-23-27-31-38(41)44-34-36(33-43-37(40)30-26-21-11-9-6-2)45-39(42)32-28-24-20-17-16-18-22-25-29-35(4)7-3/h35-36H,5-34H2,1-4H3/t35?,36-/m1/s1. The van der Waals surface area contributed by atoms with Crippen molar-refractivity contribution in [3.63, 3.8) is 0 Å². The van der Waals surface area contributed by atoms with E-state index < -0.39 is 6.10 Å². The van der Waals surface area contributed by atoms with Gasteiger partial charge in [0.25, 0.3) is 0 Å². The smallest absolute Gasteiger partial charge is 0.306 e. The van der Waals surface area contributed by atoms with Crippen LogP contribution in [0.5, 0.6) is 0 Å². The van der Waals surface area contributed by atoms with Crippen molar-refractivity contribution in [2.24, 2.45) is 5.92 Å². The lowest BCUT2D eigenvalue weighted by molar-refractivity contribution is -0.167. The predicted molar refractivity (Wildman–Crippen MR) is 187 cm³/mol. The van der Waals surface area contributed by atoms with Crippen LogP contribution >= 0.6 is 0 Å². The fourth-order valence-corrected chi connectivity index (χ4v) is 5.53. The van der Waals surface area contributed by atoms with Crippen LogP contribution in [-0.4, -0.2) is 37.2 Å². The second-order valence-electron chi connectivity index (χ2n) is 13.5. The van der Waals surface area contributed by atoms with Gasteiger partial charge in [-0.1, -0.05) is 169 Å². The Balaban J connectivity index is 4.29. The minimum absolute atomic E-state index is 0.0663. The predicted octanol–water partition coefficient (Wildman–Crippen LogP) is 11.6. The maximum absolute atomic E-state index is 12.6. The lowest BCUT2D eigenvalue weighted by Gasteiger charge is -2.18. The molecule has 6 heteroatoms. The average molecular weight is 639 g/mol. The van der Waals surface area contributed by atoms with E-state index in [-0.39, 0.29) is 31.1 Å². The maximum Gasteiger partial charge on any atom is 0.306 e. The van der Waals surface area contributed by atoms with Gasteiger partial charge in [-0.15, -0.1) is 0 Å². The van der Waals surface area contributed by atoms with Crippen LogP contribution in [0.3, 0.4) is 0 Å². The first-order valence-corrected chi connectivity index (χ1v) is 19.4. The highest BCUT2D eigenvalue weighted by Gasteiger charge is 2.19. The van der Waals surface area contributed by atoms with Crippen molar-refractivity contribution in [2.45, 2.75) is 214 Å². The Morgan fingerprint density at radius 3 is 1.16 bits per heavy atom. The number of hydrogen-bond donors (Lipinski definition) is 0. The maximum atomic E-state index is 12.6. The van der Waals surface area contributed by atoms with Gasteiger partial charge in [0.15, 0.2) is 6.10 Å². The second kappa shape index (κ2) is 33.8. The zero-order valence-corrected chi connectivity index (χ0v) is 30.3. The quantitative estimate of drug-likeness (QED) is 0.0396. The SMILES string of the molecule is CCCCCCCCCCCCC(=O)OC[C@@H](COC(=O)CCCCCCC)OC(=O)CCCCCCCCCCC(C)CC. The van der Waals surface area contributed by atoms with Crippen molar-refractivity contribution in [2.75, 3.05) is 13.2 Å². The summed E-state index contributed by atoms with van der Waals surface area (Å²) < 4.78 is 16.5. The van der Waals surface area contributed by atoms with E-state index >= 15 is 0 Å². The Morgan fingerprint density at radius 1 is 0.444 bits per heavy atom. The Kier molecular flexibility index (Phi) is 32.6. The molecule has 0 N–H and O–H groups in total. The summed E-state index contributed by atoms with van der Waals surface area (Å²) in [5.41, 5.74) is 0. The van der Waals surface area contributed by atoms with Crippen molar-refractivity contribution >= 4 is 17.9 Å². The molecule has 0 saturated carbocycles. The van der Waals surface area contributed by atoms with Crippen molar-refractivity contribution in [3.8, 4) is 0 Å². The number of unbranched alkanes of at least 4 members (excludes halogenated alkanes) is 20. The van der Waals surface area contributed by atoms with Gasteiger partial charge in [-0.25, -0.2) is 0 Å². The molecule has 0 heterocycles. The fraction of sp³-hybridized carbons (Fsp3) is 0.923. The first kappa shape index (κ1) is 43.4. The summed E-state index contributed by atoms with van der Waals surface area (Å²) in [6, 6.07) is 0. The third kappa shape index (κ3) is 32.2. The van der Waals surface area contributed by atoms with Gasteiger partial charge in [-0.3, -0.25) is 14.4 Å². The molecular weight excluding hydrogens is 564 g/mol. The number of esters is 3. The van der Waals surface area contributed by atoms with E-state index in [4.69, 9.17) is 14.2 Å². The zero-order valence-electron chi connectivity index (χ0n) is 30.3. The van der Waals surface area contributed by atoms with E-state index in [1.54, 1.807) is 0 Å². The Labute approximate surface area is 278 Å². The monoisotopic (exact) mass is 639 g/mol. The number of carbonyl (C=O) groups excluding carboxylic acids is 3. The summed E-state index contributed by atoms with van der Waals surface area (Å²) in [4.78, 5) is 37.2. The molecule has 0 aliphatic carbocycles. The topological polar surface area (TPSA) is 78.9 Å². The number of hydrogen-bond acceptors (Lipinski definition) is 6. The molecule has 0 radical (unpaired) electrons. The number of ether oxygens (including phenoxy) is 3. The van der Waals surface area contributed by atoms with E-state index in [0.29, 0.717) is 19.3 Å². The second-order valence-corrected chi connectivity index (χ2v) is 13.5. The minimum Gasteiger partial charge on any atom is -0.462 e. The minimum atomic E-state index is -0.756. The van der Waals surface area contributed by atoms with Gasteiger partial charge in [0.05, 0.1) is 0 Å². The summed E-state index contributed by atoms with van der Waals surface area (Å²) in [5, 5.41) is 0.